The first-order valence-corrected chi connectivity index (χ1v) is 6.15. The zero-order valence-corrected chi connectivity index (χ0v) is 10.7. The molecule has 0 aliphatic rings. The number of esters is 1. The Morgan fingerprint density at radius 3 is 2.84 bits per heavy atom. The lowest BCUT2D eigenvalue weighted by molar-refractivity contribution is 0.0607. The standard InChI is InChI=1S/C12H10N2O4S/c1-18-12(17)10-8(3-5-19-10)14-11(16)7-2-4-13-9(15)6-7/h2-6H,1H3,(H,13,15)(H,14,16). The summed E-state index contributed by atoms with van der Waals surface area (Å²) in [5.41, 5.74) is 0.207. The van der Waals surface area contributed by atoms with Crippen molar-refractivity contribution in [3.63, 3.8) is 0 Å². The second kappa shape index (κ2) is 5.49. The van der Waals surface area contributed by atoms with E-state index in [4.69, 9.17) is 0 Å². The van der Waals surface area contributed by atoms with Gasteiger partial charge in [-0.1, -0.05) is 0 Å². The monoisotopic (exact) mass is 278 g/mol. The van der Waals surface area contributed by atoms with Crippen molar-refractivity contribution in [1.29, 1.82) is 0 Å². The molecule has 6 nitrogen and oxygen atoms in total. The Morgan fingerprint density at radius 2 is 2.16 bits per heavy atom. The number of aromatic nitrogens is 1. The van der Waals surface area contributed by atoms with Gasteiger partial charge in [0.1, 0.15) is 4.88 Å². The van der Waals surface area contributed by atoms with E-state index >= 15 is 0 Å². The second-order valence-electron chi connectivity index (χ2n) is 3.55. The van der Waals surface area contributed by atoms with Gasteiger partial charge < -0.3 is 15.0 Å². The number of carbonyl (C=O) groups is 2. The van der Waals surface area contributed by atoms with E-state index in [1.807, 2.05) is 0 Å². The smallest absolute Gasteiger partial charge is 0.350 e. The zero-order valence-electron chi connectivity index (χ0n) is 9.93. The van der Waals surface area contributed by atoms with Crippen LogP contribution in [0, 0.1) is 0 Å². The quantitative estimate of drug-likeness (QED) is 0.832. The molecule has 2 rings (SSSR count). The maximum atomic E-state index is 11.9. The molecule has 0 bridgehead atoms. The molecule has 0 unspecified atom stereocenters. The number of amides is 1. The number of rotatable bonds is 3. The molecule has 0 atom stereocenters. The van der Waals surface area contributed by atoms with E-state index < -0.39 is 11.9 Å². The van der Waals surface area contributed by atoms with Gasteiger partial charge in [-0.25, -0.2) is 4.79 Å². The Balaban J connectivity index is 2.22. The minimum Gasteiger partial charge on any atom is -0.465 e. The van der Waals surface area contributed by atoms with Crippen molar-refractivity contribution in [2.45, 2.75) is 0 Å². The van der Waals surface area contributed by atoms with Gasteiger partial charge in [0.05, 0.1) is 12.8 Å². The Labute approximate surface area is 112 Å². The molecule has 0 saturated carbocycles. The summed E-state index contributed by atoms with van der Waals surface area (Å²) >= 11 is 1.17. The molecule has 98 valence electrons. The number of ether oxygens (including phenoxy) is 1. The number of anilines is 1. The first kappa shape index (κ1) is 13.0. The zero-order chi connectivity index (χ0) is 13.8. The molecule has 2 aromatic rings. The van der Waals surface area contributed by atoms with E-state index in [1.54, 1.807) is 11.4 Å². The van der Waals surface area contributed by atoms with Crippen molar-refractivity contribution in [2.75, 3.05) is 12.4 Å². The van der Waals surface area contributed by atoms with Gasteiger partial charge in [0.2, 0.25) is 5.56 Å². The molecule has 19 heavy (non-hydrogen) atoms. The number of aromatic amines is 1. The minimum atomic E-state index is -0.517. The van der Waals surface area contributed by atoms with Crippen LogP contribution < -0.4 is 10.9 Å². The topological polar surface area (TPSA) is 88.3 Å². The third kappa shape index (κ3) is 2.89. The summed E-state index contributed by atoms with van der Waals surface area (Å²) < 4.78 is 4.61. The first-order chi connectivity index (χ1) is 9.11. The number of nitrogens with one attached hydrogen (secondary N) is 2. The van der Waals surface area contributed by atoms with Crippen molar-refractivity contribution in [2.24, 2.45) is 0 Å². The molecule has 0 aliphatic heterocycles. The van der Waals surface area contributed by atoms with Gasteiger partial charge in [-0.15, -0.1) is 11.3 Å². The van der Waals surface area contributed by atoms with E-state index in [-0.39, 0.29) is 11.1 Å². The van der Waals surface area contributed by atoms with Crippen LogP contribution in [-0.2, 0) is 4.74 Å². The minimum absolute atomic E-state index is 0.214. The van der Waals surface area contributed by atoms with Crippen LogP contribution in [0.5, 0.6) is 0 Å². The maximum absolute atomic E-state index is 11.9. The van der Waals surface area contributed by atoms with Crippen molar-refractivity contribution < 1.29 is 14.3 Å². The van der Waals surface area contributed by atoms with Gasteiger partial charge in [-0.2, -0.15) is 0 Å². The van der Waals surface area contributed by atoms with Gasteiger partial charge in [-0.05, 0) is 17.5 Å². The predicted molar refractivity (Wildman–Crippen MR) is 70.7 cm³/mol. The highest BCUT2D eigenvalue weighted by Gasteiger charge is 2.16. The number of hydrogen-bond acceptors (Lipinski definition) is 5. The van der Waals surface area contributed by atoms with Gasteiger partial charge in [0.25, 0.3) is 5.91 Å². The predicted octanol–water partition coefficient (Wildman–Crippen LogP) is 1.48. The third-order valence-corrected chi connectivity index (χ3v) is 3.22. The summed E-state index contributed by atoms with van der Waals surface area (Å²) in [5.74, 6) is -0.981. The van der Waals surface area contributed by atoms with Crippen molar-refractivity contribution >= 4 is 28.9 Å². The molecule has 0 aliphatic carbocycles. The highest BCUT2D eigenvalue weighted by atomic mass is 32.1. The van der Waals surface area contributed by atoms with Crippen LogP contribution in [0.3, 0.4) is 0 Å². The molecule has 7 heteroatoms. The lowest BCUT2D eigenvalue weighted by Gasteiger charge is -2.05. The summed E-state index contributed by atoms with van der Waals surface area (Å²) in [4.78, 5) is 37.2. The lowest BCUT2D eigenvalue weighted by atomic mass is 10.2. The maximum Gasteiger partial charge on any atom is 0.350 e. The fourth-order valence-electron chi connectivity index (χ4n) is 1.44. The molecule has 2 aromatic heterocycles. The van der Waals surface area contributed by atoms with Crippen LogP contribution in [0.15, 0.2) is 34.6 Å². The van der Waals surface area contributed by atoms with Crippen LogP contribution in [0.25, 0.3) is 0 Å². The second-order valence-corrected chi connectivity index (χ2v) is 4.47. The van der Waals surface area contributed by atoms with E-state index in [1.165, 1.54) is 36.8 Å². The van der Waals surface area contributed by atoms with E-state index in [0.717, 1.165) is 0 Å². The average Bonchev–Trinajstić information content (AvgIpc) is 2.86. The van der Waals surface area contributed by atoms with Crippen LogP contribution in [0.4, 0.5) is 5.69 Å². The van der Waals surface area contributed by atoms with Gasteiger partial charge in [-0.3, -0.25) is 9.59 Å². The Kier molecular flexibility index (Phi) is 3.76. The number of pyridine rings is 1. The molecular formula is C12H10N2O4S. The molecule has 0 saturated heterocycles. The van der Waals surface area contributed by atoms with E-state index in [0.29, 0.717) is 10.6 Å². The average molecular weight is 278 g/mol. The van der Waals surface area contributed by atoms with Gasteiger partial charge in [0, 0.05) is 17.8 Å². The molecule has 2 N–H and O–H groups in total. The van der Waals surface area contributed by atoms with Gasteiger partial charge in [0.15, 0.2) is 0 Å². The van der Waals surface area contributed by atoms with Crippen LogP contribution >= 0.6 is 11.3 Å². The number of hydrogen-bond donors (Lipinski definition) is 2. The summed E-state index contributed by atoms with van der Waals surface area (Å²) in [5, 5.41) is 4.23. The Hall–Kier alpha value is -2.41. The molecule has 0 aromatic carbocycles. The summed E-state index contributed by atoms with van der Waals surface area (Å²) in [6, 6.07) is 4.25. The summed E-state index contributed by atoms with van der Waals surface area (Å²) in [6.07, 6.45) is 1.38. The van der Waals surface area contributed by atoms with Crippen molar-refractivity contribution in [3.8, 4) is 0 Å². The first-order valence-electron chi connectivity index (χ1n) is 5.27. The normalized spacial score (nSPS) is 9.95. The highest BCUT2D eigenvalue weighted by Crippen LogP contribution is 2.23. The number of thiophene rings is 1. The molecule has 0 fully saturated rings. The number of H-pyrrole nitrogens is 1. The molecule has 0 spiro atoms. The van der Waals surface area contributed by atoms with Crippen molar-refractivity contribution in [1.82, 2.24) is 4.98 Å². The highest BCUT2D eigenvalue weighted by molar-refractivity contribution is 7.12. The summed E-state index contributed by atoms with van der Waals surface area (Å²) in [7, 11) is 1.27. The molecule has 0 radical (unpaired) electrons. The van der Waals surface area contributed by atoms with Crippen LogP contribution in [0.1, 0.15) is 20.0 Å². The lowest BCUT2D eigenvalue weighted by Crippen LogP contribution is -2.16. The fraction of sp³-hybridized carbons (Fsp3) is 0.0833. The molecule has 1 amide bonds. The molecule has 2 heterocycles. The molecular weight excluding hydrogens is 268 g/mol. The fourth-order valence-corrected chi connectivity index (χ4v) is 2.20. The van der Waals surface area contributed by atoms with Gasteiger partial charge >= 0.3 is 5.97 Å². The SMILES string of the molecule is COC(=O)c1sccc1NC(=O)c1cc[nH]c(=O)c1. The Morgan fingerprint density at radius 1 is 1.37 bits per heavy atom. The largest absolute Gasteiger partial charge is 0.465 e. The van der Waals surface area contributed by atoms with E-state index in [2.05, 4.69) is 15.0 Å². The third-order valence-electron chi connectivity index (χ3n) is 2.32. The number of methoxy groups -OCH3 is 1. The van der Waals surface area contributed by atoms with Crippen molar-refractivity contribution in [3.05, 3.63) is 50.6 Å². The number of carbonyl (C=O) groups excluding carboxylic acids is 2. The summed E-state index contributed by atoms with van der Waals surface area (Å²) in [6.45, 7) is 0. The van der Waals surface area contributed by atoms with E-state index in [9.17, 15) is 14.4 Å². The van der Waals surface area contributed by atoms with Crippen LogP contribution in [0.2, 0.25) is 0 Å². The van der Waals surface area contributed by atoms with Crippen LogP contribution in [-0.4, -0.2) is 24.0 Å². The Bertz CT molecular complexity index is 674.